The van der Waals surface area contributed by atoms with Crippen LogP contribution < -0.4 is 16.2 Å². The first-order chi connectivity index (χ1) is 16.0. The standard InChI is InChI=1S/C24H22N6O2S/c1-31-9-10-32-17-7-5-15(6-8-17)22-19(12-26)23(29)30-24(20(22)13-27)33-14-16-3-2-4-21(28)18(16)11-25/h2-8,11,25H,9-10,14,28H2,1H3,(H2,29,30). The second kappa shape index (κ2) is 11.0. The van der Waals surface area contributed by atoms with Crippen LogP contribution in [0.25, 0.3) is 11.1 Å². The molecule has 3 rings (SSSR count). The third-order valence-corrected chi connectivity index (χ3v) is 5.88. The summed E-state index contributed by atoms with van der Waals surface area (Å²) in [5, 5.41) is 27.7. The van der Waals surface area contributed by atoms with E-state index in [9.17, 15) is 10.5 Å². The second-order valence-corrected chi connectivity index (χ2v) is 7.83. The molecule has 0 fully saturated rings. The van der Waals surface area contributed by atoms with E-state index in [0.29, 0.717) is 52.1 Å². The normalized spacial score (nSPS) is 10.3. The summed E-state index contributed by atoms with van der Waals surface area (Å²) in [7, 11) is 1.60. The van der Waals surface area contributed by atoms with E-state index in [1.54, 1.807) is 37.4 Å². The lowest BCUT2D eigenvalue weighted by Gasteiger charge is -2.14. The summed E-state index contributed by atoms with van der Waals surface area (Å²) in [5.74, 6) is 1.12. The molecule has 1 aromatic heterocycles. The molecule has 3 aromatic rings. The maximum absolute atomic E-state index is 9.96. The molecule has 0 spiro atoms. The van der Waals surface area contributed by atoms with Crippen molar-refractivity contribution in [1.29, 1.82) is 15.9 Å². The fourth-order valence-corrected chi connectivity index (χ4v) is 4.23. The number of pyridine rings is 1. The van der Waals surface area contributed by atoms with Gasteiger partial charge in [-0.05, 0) is 29.3 Å². The van der Waals surface area contributed by atoms with Gasteiger partial charge in [-0.25, -0.2) is 4.98 Å². The number of methoxy groups -OCH3 is 1. The van der Waals surface area contributed by atoms with Gasteiger partial charge in [-0.3, -0.25) is 0 Å². The first kappa shape index (κ1) is 23.6. The van der Waals surface area contributed by atoms with Crippen LogP contribution in [0.2, 0.25) is 0 Å². The van der Waals surface area contributed by atoms with Crippen LogP contribution in [0.1, 0.15) is 22.3 Å². The van der Waals surface area contributed by atoms with E-state index in [1.165, 1.54) is 18.0 Å². The van der Waals surface area contributed by atoms with E-state index in [2.05, 4.69) is 17.1 Å². The summed E-state index contributed by atoms with van der Waals surface area (Å²) in [4.78, 5) is 4.33. The Labute approximate surface area is 196 Å². The molecule has 0 unspecified atom stereocenters. The predicted molar refractivity (Wildman–Crippen MR) is 129 cm³/mol. The van der Waals surface area contributed by atoms with Crippen molar-refractivity contribution in [3.05, 3.63) is 64.7 Å². The van der Waals surface area contributed by atoms with Crippen LogP contribution >= 0.6 is 11.8 Å². The van der Waals surface area contributed by atoms with Crippen LogP contribution in [0.15, 0.2) is 47.5 Å². The van der Waals surface area contributed by atoms with Gasteiger partial charge in [-0.1, -0.05) is 24.3 Å². The Kier molecular flexibility index (Phi) is 7.87. The van der Waals surface area contributed by atoms with Crippen molar-refractivity contribution >= 4 is 29.5 Å². The number of hydrogen-bond acceptors (Lipinski definition) is 9. The number of nitrogens with one attached hydrogen (secondary N) is 1. The van der Waals surface area contributed by atoms with Crippen molar-refractivity contribution in [3.63, 3.8) is 0 Å². The molecule has 0 saturated carbocycles. The SMILES string of the molecule is COCCOc1ccc(-c2c(C#N)c(N)nc(SCc3cccc(N)c3C=N)c2C#N)cc1. The average Bonchev–Trinajstić information content (AvgIpc) is 2.83. The lowest BCUT2D eigenvalue weighted by molar-refractivity contribution is 0.146. The highest BCUT2D eigenvalue weighted by Crippen LogP contribution is 2.37. The Hall–Kier alpha value is -4.05. The van der Waals surface area contributed by atoms with Gasteiger partial charge >= 0.3 is 0 Å². The van der Waals surface area contributed by atoms with Crippen LogP contribution in [0.5, 0.6) is 5.75 Å². The molecule has 0 saturated heterocycles. The van der Waals surface area contributed by atoms with Crippen LogP contribution in [0.4, 0.5) is 11.5 Å². The number of benzene rings is 2. The van der Waals surface area contributed by atoms with Gasteiger partial charge < -0.3 is 26.4 Å². The van der Waals surface area contributed by atoms with Crippen LogP contribution in [-0.2, 0) is 10.5 Å². The smallest absolute Gasteiger partial charge is 0.143 e. The Morgan fingerprint density at radius 3 is 2.42 bits per heavy atom. The van der Waals surface area contributed by atoms with Crippen molar-refractivity contribution in [3.8, 4) is 29.0 Å². The number of ether oxygens (including phenoxy) is 2. The summed E-state index contributed by atoms with van der Waals surface area (Å²) in [6.07, 6.45) is 1.21. The van der Waals surface area contributed by atoms with Crippen LogP contribution in [-0.4, -0.2) is 31.5 Å². The fraction of sp³-hybridized carbons (Fsp3) is 0.167. The minimum absolute atomic E-state index is 0.0503. The molecule has 0 aliphatic carbocycles. The Morgan fingerprint density at radius 2 is 1.79 bits per heavy atom. The van der Waals surface area contributed by atoms with Crippen molar-refractivity contribution in [2.24, 2.45) is 0 Å². The first-order valence-electron chi connectivity index (χ1n) is 9.90. The van der Waals surface area contributed by atoms with E-state index in [-0.39, 0.29) is 16.9 Å². The number of nitrogens with zero attached hydrogens (tertiary/aromatic N) is 3. The number of anilines is 2. The molecular weight excluding hydrogens is 436 g/mol. The quantitative estimate of drug-likeness (QED) is 0.188. The maximum Gasteiger partial charge on any atom is 0.143 e. The molecule has 1 heterocycles. The van der Waals surface area contributed by atoms with Gasteiger partial charge in [0.2, 0.25) is 0 Å². The molecule has 2 aromatic carbocycles. The summed E-state index contributed by atoms with van der Waals surface area (Å²) < 4.78 is 10.6. The molecule has 9 heteroatoms. The molecule has 0 aliphatic rings. The number of nitrogens with two attached hydrogens (primary N) is 2. The average molecular weight is 459 g/mol. The molecule has 0 bridgehead atoms. The molecule has 0 amide bonds. The van der Waals surface area contributed by atoms with E-state index >= 15 is 0 Å². The van der Waals surface area contributed by atoms with E-state index in [1.807, 2.05) is 12.1 Å². The zero-order chi connectivity index (χ0) is 23.8. The Morgan fingerprint density at radius 1 is 1.06 bits per heavy atom. The maximum atomic E-state index is 9.96. The molecule has 0 aliphatic heterocycles. The highest BCUT2D eigenvalue weighted by Gasteiger charge is 2.21. The molecule has 0 atom stereocenters. The summed E-state index contributed by atoms with van der Waals surface area (Å²) in [5.41, 5.74) is 15.5. The molecular formula is C24H22N6O2S. The monoisotopic (exact) mass is 458 g/mol. The van der Waals surface area contributed by atoms with Crippen LogP contribution in [0, 0.1) is 28.1 Å². The molecule has 0 radical (unpaired) electrons. The highest BCUT2D eigenvalue weighted by atomic mass is 32.2. The fourth-order valence-electron chi connectivity index (χ4n) is 3.23. The summed E-state index contributed by atoms with van der Waals surface area (Å²) in [6.45, 7) is 0.876. The number of nitrogen functional groups attached to an aromatic ring is 2. The van der Waals surface area contributed by atoms with Crippen molar-refractivity contribution < 1.29 is 9.47 Å². The molecule has 166 valence electrons. The number of aromatic nitrogens is 1. The number of thioether (sulfide) groups is 1. The first-order valence-corrected chi connectivity index (χ1v) is 10.9. The van der Waals surface area contributed by atoms with E-state index < -0.39 is 0 Å². The highest BCUT2D eigenvalue weighted by molar-refractivity contribution is 7.98. The summed E-state index contributed by atoms with van der Waals surface area (Å²) >= 11 is 1.30. The third-order valence-electron chi connectivity index (χ3n) is 4.85. The van der Waals surface area contributed by atoms with Gasteiger partial charge in [0.05, 0.1) is 12.2 Å². The Bertz CT molecular complexity index is 1250. The van der Waals surface area contributed by atoms with Crippen molar-refractivity contribution in [1.82, 2.24) is 4.98 Å². The summed E-state index contributed by atoms with van der Waals surface area (Å²) in [6, 6.07) is 16.8. The van der Waals surface area contributed by atoms with Crippen LogP contribution in [0.3, 0.4) is 0 Å². The van der Waals surface area contributed by atoms with Gasteiger partial charge in [0.15, 0.2) is 0 Å². The van der Waals surface area contributed by atoms with Gasteiger partial charge in [0.1, 0.15) is 40.9 Å². The Balaban J connectivity index is 2.00. The second-order valence-electron chi connectivity index (χ2n) is 6.87. The van der Waals surface area contributed by atoms with Gasteiger partial charge in [-0.2, -0.15) is 10.5 Å². The van der Waals surface area contributed by atoms with Crippen molar-refractivity contribution in [2.75, 3.05) is 31.8 Å². The minimum Gasteiger partial charge on any atom is -0.491 e. The third kappa shape index (κ3) is 5.24. The molecule has 8 nitrogen and oxygen atoms in total. The molecule has 33 heavy (non-hydrogen) atoms. The predicted octanol–water partition coefficient (Wildman–Crippen LogP) is 3.97. The topological polar surface area (TPSA) is 155 Å². The van der Waals surface area contributed by atoms with E-state index in [0.717, 1.165) is 5.56 Å². The van der Waals surface area contributed by atoms with E-state index in [4.69, 9.17) is 26.4 Å². The largest absolute Gasteiger partial charge is 0.491 e. The minimum atomic E-state index is 0.0503. The van der Waals surface area contributed by atoms with Gasteiger partial charge in [-0.15, -0.1) is 11.8 Å². The lowest BCUT2D eigenvalue weighted by atomic mass is 9.97. The van der Waals surface area contributed by atoms with Crippen molar-refractivity contribution in [2.45, 2.75) is 10.8 Å². The zero-order valence-corrected chi connectivity index (χ0v) is 18.8. The zero-order valence-electron chi connectivity index (χ0n) is 18.0. The number of hydrogen-bond donors (Lipinski definition) is 3. The van der Waals surface area contributed by atoms with Gasteiger partial charge in [0.25, 0.3) is 0 Å². The van der Waals surface area contributed by atoms with Gasteiger partial charge in [0, 0.05) is 35.9 Å². The number of nitriles is 2. The lowest BCUT2D eigenvalue weighted by Crippen LogP contribution is -2.05. The number of rotatable bonds is 9. The molecule has 5 N–H and O–H groups in total.